The van der Waals surface area contributed by atoms with Crippen molar-refractivity contribution in [3.05, 3.63) is 94.0 Å². The maximum atomic E-state index is 14.2. The number of nitro groups is 1. The van der Waals surface area contributed by atoms with E-state index >= 15 is 0 Å². The van der Waals surface area contributed by atoms with Gasteiger partial charge in [0.2, 0.25) is 21.8 Å². The number of ether oxygens (including phenoxy) is 2. The van der Waals surface area contributed by atoms with Gasteiger partial charge in [-0.15, -0.1) is 0 Å². The summed E-state index contributed by atoms with van der Waals surface area (Å²) in [5.41, 5.74) is 0.880. The Morgan fingerprint density at radius 3 is 2.28 bits per heavy atom. The zero-order valence-corrected chi connectivity index (χ0v) is 25.4. The fraction of sp³-hybridized carbons (Fsp3) is 0.333. The standard InChI is InChI=1S/C30H36N4O8S/c1-5-16-31-30(36)27(18-22-10-7-6-8-11-22)32(20-23-12-9-13-25(17-23)41-2)29(35)21-33(43(4,39)40)26-19-24(34(37)38)14-15-28(26)42-3/h6-15,17,19,27H,5,16,18,20-21H2,1-4H3,(H,31,36)/t27-/m1/s1. The van der Waals surface area contributed by atoms with E-state index < -0.39 is 39.3 Å². The van der Waals surface area contributed by atoms with Crippen molar-refractivity contribution in [3.8, 4) is 11.5 Å². The Hall–Kier alpha value is -4.65. The monoisotopic (exact) mass is 612 g/mol. The Kier molecular flexibility index (Phi) is 11.5. The second kappa shape index (κ2) is 15.0. The Balaban J connectivity index is 2.13. The van der Waals surface area contributed by atoms with Gasteiger partial charge in [0.1, 0.15) is 29.8 Å². The molecule has 12 nitrogen and oxygen atoms in total. The highest BCUT2D eigenvalue weighted by Gasteiger charge is 2.34. The molecule has 0 saturated heterocycles. The molecule has 0 spiro atoms. The minimum absolute atomic E-state index is 0.0182. The molecule has 13 heteroatoms. The molecule has 3 aromatic carbocycles. The SMILES string of the molecule is CCCNC(=O)[C@@H](Cc1ccccc1)N(Cc1cccc(OC)c1)C(=O)CN(c1cc([N+](=O)[O-])ccc1OC)S(C)(=O)=O. The molecule has 1 atom stereocenters. The van der Waals surface area contributed by atoms with E-state index in [4.69, 9.17) is 9.47 Å². The van der Waals surface area contributed by atoms with Crippen LogP contribution in [0.4, 0.5) is 11.4 Å². The van der Waals surface area contributed by atoms with Crippen LogP contribution in [0.25, 0.3) is 0 Å². The predicted molar refractivity (Wildman–Crippen MR) is 163 cm³/mol. The van der Waals surface area contributed by atoms with Crippen molar-refractivity contribution in [1.29, 1.82) is 0 Å². The Morgan fingerprint density at radius 1 is 0.977 bits per heavy atom. The van der Waals surface area contributed by atoms with Crippen LogP contribution < -0.4 is 19.1 Å². The molecule has 43 heavy (non-hydrogen) atoms. The van der Waals surface area contributed by atoms with E-state index in [2.05, 4.69) is 5.32 Å². The number of sulfonamides is 1. The minimum Gasteiger partial charge on any atom is -0.497 e. The fourth-order valence-electron chi connectivity index (χ4n) is 4.47. The van der Waals surface area contributed by atoms with Crippen molar-refractivity contribution in [2.24, 2.45) is 0 Å². The number of carbonyl (C=O) groups excluding carboxylic acids is 2. The lowest BCUT2D eigenvalue weighted by Gasteiger charge is -2.33. The molecule has 0 aliphatic carbocycles. The third-order valence-corrected chi connectivity index (χ3v) is 7.75. The Bertz CT molecular complexity index is 1530. The van der Waals surface area contributed by atoms with Crippen LogP contribution in [0.2, 0.25) is 0 Å². The average molecular weight is 613 g/mol. The van der Waals surface area contributed by atoms with Gasteiger partial charge in [-0.2, -0.15) is 0 Å². The number of non-ortho nitro benzene ring substituents is 1. The van der Waals surface area contributed by atoms with E-state index in [9.17, 15) is 28.1 Å². The van der Waals surface area contributed by atoms with E-state index in [0.717, 1.165) is 22.2 Å². The molecule has 3 rings (SSSR count). The summed E-state index contributed by atoms with van der Waals surface area (Å²) in [4.78, 5) is 39.9. The van der Waals surface area contributed by atoms with Gasteiger partial charge < -0.3 is 19.7 Å². The van der Waals surface area contributed by atoms with E-state index in [1.807, 2.05) is 37.3 Å². The van der Waals surface area contributed by atoms with Crippen LogP contribution in [0.3, 0.4) is 0 Å². The predicted octanol–water partition coefficient (Wildman–Crippen LogP) is 3.54. The molecule has 0 bridgehead atoms. The van der Waals surface area contributed by atoms with Crippen LogP contribution in [0, 0.1) is 10.1 Å². The lowest BCUT2D eigenvalue weighted by Crippen LogP contribution is -2.53. The molecule has 0 radical (unpaired) electrons. The highest BCUT2D eigenvalue weighted by Crippen LogP contribution is 2.34. The van der Waals surface area contributed by atoms with Gasteiger partial charge in [-0.3, -0.25) is 24.0 Å². The van der Waals surface area contributed by atoms with Crippen LogP contribution in [0.15, 0.2) is 72.8 Å². The van der Waals surface area contributed by atoms with Gasteiger partial charge in [0, 0.05) is 31.6 Å². The van der Waals surface area contributed by atoms with Crippen LogP contribution in [0.1, 0.15) is 24.5 Å². The summed E-state index contributed by atoms with van der Waals surface area (Å²) >= 11 is 0. The van der Waals surface area contributed by atoms with Crippen molar-refractivity contribution in [2.45, 2.75) is 32.4 Å². The third kappa shape index (κ3) is 8.92. The van der Waals surface area contributed by atoms with E-state index in [0.29, 0.717) is 24.3 Å². The van der Waals surface area contributed by atoms with E-state index in [1.54, 1.807) is 24.3 Å². The molecule has 2 amide bonds. The van der Waals surface area contributed by atoms with Gasteiger partial charge in [-0.25, -0.2) is 8.42 Å². The van der Waals surface area contributed by atoms with E-state index in [1.165, 1.54) is 31.3 Å². The number of nitro benzene ring substituents is 1. The van der Waals surface area contributed by atoms with Gasteiger partial charge >= 0.3 is 0 Å². The molecule has 0 heterocycles. The zero-order valence-electron chi connectivity index (χ0n) is 24.6. The number of rotatable bonds is 15. The van der Waals surface area contributed by atoms with Crippen LogP contribution in [-0.4, -0.2) is 69.7 Å². The maximum absolute atomic E-state index is 14.2. The van der Waals surface area contributed by atoms with Crippen molar-refractivity contribution >= 4 is 33.2 Å². The molecule has 0 aliphatic rings. The summed E-state index contributed by atoms with van der Waals surface area (Å²) in [6, 6.07) is 18.6. The van der Waals surface area contributed by atoms with Gasteiger partial charge in [-0.1, -0.05) is 49.4 Å². The van der Waals surface area contributed by atoms with Crippen LogP contribution in [0.5, 0.6) is 11.5 Å². The largest absolute Gasteiger partial charge is 0.497 e. The zero-order chi connectivity index (χ0) is 31.6. The van der Waals surface area contributed by atoms with Crippen molar-refractivity contribution in [3.63, 3.8) is 0 Å². The quantitative estimate of drug-likeness (QED) is 0.202. The summed E-state index contributed by atoms with van der Waals surface area (Å²) in [6.45, 7) is 1.50. The lowest BCUT2D eigenvalue weighted by atomic mass is 10.0. The van der Waals surface area contributed by atoms with Gasteiger partial charge in [-0.05, 0) is 35.7 Å². The number of nitrogens with one attached hydrogen (secondary N) is 1. The number of methoxy groups -OCH3 is 2. The Morgan fingerprint density at radius 2 is 1.67 bits per heavy atom. The summed E-state index contributed by atoms with van der Waals surface area (Å²) in [5, 5.41) is 14.4. The Labute approximate surface area is 251 Å². The van der Waals surface area contributed by atoms with Crippen molar-refractivity contribution < 1.29 is 32.4 Å². The molecule has 0 aromatic heterocycles. The number of nitrogens with zero attached hydrogens (tertiary/aromatic N) is 3. The summed E-state index contributed by atoms with van der Waals surface area (Å²) in [7, 11) is -1.36. The first-order valence-electron chi connectivity index (χ1n) is 13.5. The number of benzene rings is 3. The van der Waals surface area contributed by atoms with Crippen molar-refractivity contribution in [1.82, 2.24) is 10.2 Å². The number of hydrogen-bond donors (Lipinski definition) is 1. The summed E-state index contributed by atoms with van der Waals surface area (Å²) in [6.07, 6.45) is 1.72. The lowest BCUT2D eigenvalue weighted by molar-refractivity contribution is -0.384. The van der Waals surface area contributed by atoms with Crippen LogP contribution >= 0.6 is 0 Å². The topological polar surface area (TPSA) is 148 Å². The molecule has 0 saturated carbocycles. The van der Waals surface area contributed by atoms with Crippen molar-refractivity contribution in [2.75, 3.05) is 37.9 Å². The third-order valence-electron chi connectivity index (χ3n) is 6.63. The van der Waals surface area contributed by atoms with E-state index in [-0.39, 0.29) is 30.1 Å². The molecule has 0 unspecified atom stereocenters. The molecule has 230 valence electrons. The molecule has 0 fully saturated rings. The maximum Gasteiger partial charge on any atom is 0.271 e. The number of hydrogen-bond acceptors (Lipinski definition) is 8. The minimum atomic E-state index is -4.16. The molecular formula is C30H36N4O8S. The molecule has 3 aromatic rings. The number of amides is 2. The number of anilines is 1. The second-order valence-electron chi connectivity index (χ2n) is 9.75. The van der Waals surface area contributed by atoms with Crippen LogP contribution in [-0.2, 0) is 32.6 Å². The van der Waals surface area contributed by atoms with Gasteiger partial charge in [0.05, 0.1) is 25.4 Å². The summed E-state index contributed by atoms with van der Waals surface area (Å²) < 4.78 is 37.5. The highest BCUT2D eigenvalue weighted by molar-refractivity contribution is 7.92. The number of carbonyl (C=O) groups is 2. The second-order valence-corrected chi connectivity index (χ2v) is 11.7. The van der Waals surface area contributed by atoms with Gasteiger partial charge in [0.25, 0.3) is 5.69 Å². The molecular weight excluding hydrogens is 576 g/mol. The first kappa shape index (κ1) is 32.9. The average Bonchev–Trinajstić information content (AvgIpc) is 2.99. The molecule has 0 aliphatic heterocycles. The first-order valence-corrected chi connectivity index (χ1v) is 15.4. The smallest absolute Gasteiger partial charge is 0.271 e. The van der Waals surface area contributed by atoms with Gasteiger partial charge in [0.15, 0.2) is 0 Å². The first-order chi connectivity index (χ1) is 20.5. The summed E-state index contributed by atoms with van der Waals surface area (Å²) in [5.74, 6) is -0.543. The normalized spacial score (nSPS) is 11.7. The molecule has 1 N–H and O–H groups in total. The fourth-order valence-corrected chi connectivity index (χ4v) is 5.31. The highest BCUT2D eigenvalue weighted by atomic mass is 32.2.